The Kier molecular flexibility index (Phi) is 6.76. The summed E-state index contributed by atoms with van der Waals surface area (Å²) in [6, 6.07) is 9.95. The maximum Gasteiger partial charge on any atom is 0.257 e. The molecule has 1 aliphatic heterocycles. The summed E-state index contributed by atoms with van der Waals surface area (Å²) in [5.41, 5.74) is 2.64. The minimum absolute atomic E-state index is 0.0229. The van der Waals surface area contributed by atoms with E-state index in [0.29, 0.717) is 11.5 Å². The van der Waals surface area contributed by atoms with Gasteiger partial charge in [0, 0.05) is 19.7 Å². The van der Waals surface area contributed by atoms with E-state index in [1.807, 2.05) is 35.0 Å². The van der Waals surface area contributed by atoms with Crippen LogP contribution in [0.3, 0.4) is 0 Å². The van der Waals surface area contributed by atoms with Gasteiger partial charge in [0.15, 0.2) is 0 Å². The van der Waals surface area contributed by atoms with E-state index in [1.165, 1.54) is 0 Å². The van der Waals surface area contributed by atoms with Crippen LogP contribution >= 0.6 is 0 Å². The molecule has 2 fully saturated rings. The Bertz CT molecular complexity index is 908. The molecular formula is C25H34N4O2. The monoisotopic (exact) mass is 422 g/mol. The number of para-hydroxylation sites is 1. The number of aromatic nitrogens is 2. The van der Waals surface area contributed by atoms with Crippen LogP contribution in [0.2, 0.25) is 0 Å². The average molecular weight is 423 g/mol. The number of benzene rings is 1. The first-order valence-corrected chi connectivity index (χ1v) is 11.6. The molecule has 0 radical (unpaired) electrons. The molecular weight excluding hydrogens is 388 g/mol. The quantitative estimate of drug-likeness (QED) is 0.692. The van der Waals surface area contributed by atoms with Gasteiger partial charge in [0.25, 0.3) is 5.91 Å². The fourth-order valence-corrected chi connectivity index (χ4v) is 4.95. The van der Waals surface area contributed by atoms with Crippen molar-refractivity contribution in [1.29, 1.82) is 0 Å². The predicted molar refractivity (Wildman–Crippen MR) is 124 cm³/mol. The summed E-state index contributed by atoms with van der Waals surface area (Å²) in [6.45, 7) is 8.22. The molecule has 3 atom stereocenters. The number of hydrogen-bond acceptors (Lipinski definition) is 4. The number of aliphatic hydroxyl groups is 1. The Morgan fingerprint density at radius 2 is 2.03 bits per heavy atom. The number of piperidine rings is 1. The first-order valence-electron chi connectivity index (χ1n) is 11.6. The molecule has 1 amide bonds. The lowest BCUT2D eigenvalue weighted by atomic mass is 9.81. The summed E-state index contributed by atoms with van der Waals surface area (Å²) in [5, 5.41) is 17.6. The summed E-state index contributed by atoms with van der Waals surface area (Å²) in [4.78, 5) is 15.6. The number of aliphatic hydroxyl groups excluding tert-OH is 1. The topological polar surface area (TPSA) is 70.4 Å². The summed E-state index contributed by atoms with van der Waals surface area (Å²) in [7, 11) is 0. The van der Waals surface area contributed by atoms with Gasteiger partial charge in [0.2, 0.25) is 0 Å². The third kappa shape index (κ3) is 4.69. The highest BCUT2D eigenvalue weighted by atomic mass is 16.3. The Balaban J connectivity index is 1.62. The highest BCUT2D eigenvalue weighted by Crippen LogP contribution is 2.32. The predicted octanol–water partition coefficient (Wildman–Crippen LogP) is 3.95. The standard InChI is InChI=1S/C25H34N4O2/c1-3-19-11-12-23(18(2)14-19)27-24(31)22-15-26-29(21-9-5-4-6-10-21)25(22)28-13-7-8-20(16-28)17-30/h4-6,9-10,15,19-20,23,30H,2-3,7-8,11-14,16-17H2,1H3,(H,27,31). The first kappa shape index (κ1) is 21.6. The van der Waals surface area contributed by atoms with Crippen LogP contribution in [0.4, 0.5) is 5.82 Å². The van der Waals surface area contributed by atoms with E-state index >= 15 is 0 Å². The fourth-order valence-electron chi connectivity index (χ4n) is 4.95. The van der Waals surface area contributed by atoms with E-state index in [-0.39, 0.29) is 24.5 Å². The van der Waals surface area contributed by atoms with E-state index in [1.54, 1.807) is 6.20 Å². The number of hydrogen-bond donors (Lipinski definition) is 2. The molecule has 6 nitrogen and oxygen atoms in total. The zero-order valence-electron chi connectivity index (χ0n) is 18.5. The van der Waals surface area contributed by atoms with Crippen molar-refractivity contribution in [2.75, 3.05) is 24.6 Å². The molecule has 4 rings (SSSR count). The van der Waals surface area contributed by atoms with Crippen LogP contribution in [-0.4, -0.2) is 46.5 Å². The summed E-state index contributed by atoms with van der Waals surface area (Å²) < 4.78 is 1.86. The summed E-state index contributed by atoms with van der Waals surface area (Å²) >= 11 is 0. The van der Waals surface area contributed by atoms with Crippen LogP contribution in [0.25, 0.3) is 5.69 Å². The lowest BCUT2D eigenvalue weighted by Crippen LogP contribution is -2.41. The molecule has 6 heteroatoms. The van der Waals surface area contributed by atoms with Crippen molar-refractivity contribution in [1.82, 2.24) is 15.1 Å². The van der Waals surface area contributed by atoms with Gasteiger partial charge in [0.05, 0.1) is 17.9 Å². The van der Waals surface area contributed by atoms with Crippen LogP contribution in [0.5, 0.6) is 0 Å². The van der Waals surface area contributed by atoms with Gasteiger partial charge >= 0.3 is 0 Å². The van der Waals surface area contributed by atoms with E-state index in [2.05, 4.69) is 28.8 Å². The minimum Gasteiger partial charge on any atom is -0.396 e. The van der Waals surface area contributed by atoms with Crippen molar-refractivity contribution in [3.05, 3.63) is 54.2 Å². The van der Waals surface area contributed by atoms with E-state index < -0.39 is 0 Å². The Labute approximate surface area is 184 Å². The van der Waals surface area contributed by atoms with Crippen molar-refractivity contribution in [2.45, 2.75) is 51.5 Å². The molecule has 2 heterocycles. The normalized spacial score (nSPS) is 24.3. The number of carbonyl (C=O) groups is 1. The van der Waals surface area contributed by atoms with Crippen molar-refractivity contribution in [2.24, 2.45) is 11.8 Å². The van der Waals surface area contributed by atoms with Gasteiger partial charge in [-0.2, -0.15) is 5.10 Å². The maximum absolute atomic E-state index is 13.4. The van der Waals surface area contributed by atoms with Gasteiger partial charge in [0.1, 0.15) is 11.4 Å². The zero-order valence-corrected chi connectivity index (χ0v) is 18.5. The van der Waals surface area contributed by atoms with Gasteiger partial charge in [-0.15, -0.1) is 0 Å². The fraction of sp³-hybridized carbons (Fsp3) is 0.520. The molecule has 1 saturated heterocycles. The largest absolute Gasteiger partial charge is 0.396 e. The lowest BCUT2D eigenvalue weighted by molar-refractivity contribution is 0.0935. The molecule has 1 aromatic carbocycles. The van der Waals surface area contributed by atoms with E-state index in [9.17, 15) is 9.90 Å². The maximum atomic E-state index is 13.4. The second kappa shape index (κ2) is 9.69. The van der Waals surface area contributed by atoms with Crippen LogP contribution < -0.4 is 10.2 Å². The van der Waals surface area contributed by atoms with E-state index in [0.717, 1.165) is 68.7 Å². The average Bonchev–Trinajstić information content (AvgIpc) is 3.26. The highest BCUT2D eigenvalue weighted by Gasteiger charge is 2.30. The number of amides is 1. The van der Waals surface area contributed by atoms with Crippen LogP contribution in [0.1, 0.15) is 55.8 Å². The summed E-state index contributed by atoms with van der Waals surface area (Å²) in [6.07, 6.45) is 7.90. The second-order valence-electron chi connectivity index (χ2n) is 9.01. The first-order chi connectivity index (χ1) is 15.1. The number of nitrogens with one attached hydrogen (secondary N) is 1. The van der Waals surface area contributed by atoms with Crippen molar-refractivity contribution in [3.63, 3.8) is 0 Å². The second-order valence-corrected chi connectivity index (χ2v) is 9.01. The van der Waals surface area contributed by atoms with Crippen molar-refractivity contribution in [3.8, 4) is 5.69 Å². The molecule has 1 aromatic heterocycles. The SMILES string of the molecule is C=C1CC(CC)CCC1NC(=O)c1cnn(-c2ccccc2)c1N1CCCC(CO)C1. The molecule has 1 saturated carbocycles. The number of nitrogens with zero attached hydrogens (tertiary/aromatic N) is 3. The summed E-state index contributed by atoms with van der Waals surface area (Å²) in [5.74, 6) is 1.62. The van der Waals surface area contributed by atoms with Gasteiger partial charge in [-0.3, -0.25) is 4.79 Å². The molecule has 31 heavy (non-hydrogen) atoms. The van der Waals surface area contributed by atoms with E-state index in [4.69, 9.17) is 0 Å². The van der Waals surface area contributed by atoms with Gasteiger partial charge in [-0.25, -0.2) is 4.68 Å². The lowest BCUT2D eigenvalue weighted by Gasteiger charge is -2.34. The third-order valence-electron chi connectivity index (χ3n) is 6.86. The molecule has 0 spiro atoms. The number of rotatable bonds is 6. The highest BCUT2D eigenvalue weighted by molar-refractivity contribution is 5.99. The Hall–Kier alpha value is -2.60. The smallest absolute Gasteiger partial charge is 0.257 e. The molecule has 166 valence electrons. The third-order valence-corrected chi connectivity index (χ3v) is 6.86. The molecule has 1 aliphatic carbocycles. The Morgan fingerprint density at radius 1 is 1.23 bits per heavy atom. The molecule has 2 aromatic rings. The van der Waals surface area contributed by atoms with Gasteiger partial charge in [-0.1, -0.05) is 43.7 Å². The van der Waals surface area contributed by atoms with Gasteiger partial charge in [-0.05, 0) is 56.1 Å². The van der Waals surface area contributed by atoms with Crippen LogP contribution in [0, 0.1) is 11.8 Å². The molecule has 0 bridgehead atoms. The van der Waals surface area contributed by atoms with Gasteiger partial charge < -0.3 is 15.3 Å². The van der Waals surface area contributed by atoms with Crippen molar-refractivity contribution >= 4 is 11.7 Å². The number of anilines is 1. The van der Waals surface area contributed by atoms with Crippen LogP contribution in [-0.2, 0) is 0 Å². The number of carbonyl (C=O) groups excluding carboxylic acids is 1. The zero-order chi connectivity index (χ0) is 21.8. The Morgan fingerprint density at radius 3 is 2.74 bits per heavy atom. The minimum atomic E-state index is -0.0931. The molecule has 2 N–H and O–H groups in total. The molecule has 2 aliphatic rings. The van der Waals surface area contributed by atoms with Crippen LogP contribution in [0.15, 0.2) is 48.7 Å². The molecule has 3 unspecified atom stereocenters. The van der Waals surface area contributed by atoms with Crippen molar-refractivity contribution < 1.29 is 9.90 Å².